The molecule has 1 saturated heterocycles. The maximum atomic E-state index is 12.6. The molecular weight excluding hydrogens is 257 g/mol. The number of alkyl halides is 3. The summed E-state index contributed by atoms with van der Waals surface area (Å²) in [5.74, 6) is -1.81. The van der Waals surface area contributed by atoms with Crippen LogP contribution in [0.15, 0.2) is 30.3 Å². The number of carbonyl (C=O) groups is 1. The number of piperidine rings is 1. The second kappa shape index (κ2) is 5.21. The number of halogens is 3. The Morgan fingerprint density at radius 2 is 1.89 bits per heavy atom. The van der Waals surface area contributed by atoms with E-state index in [2.05, 4.69) is 0 Å². The minimum Gasteiger partial charge on any atom is -0.326 e. The molecule has 0 bridgehead atoms. The number of rotatable bonds is 1. The largest absolute Gasteiger partial charge is 0.471 e. The van der Waals surface area contributed by atoms with Gasteiger partial charge in [-0.05, 0) is 18.4 Å². The highest BCUT2D eigenvalue weighted by Gasteiger charge is 2.46. The second-order valence-electron chi connectivity index (χ2n) is 4.66. The Morgan fingerprint density at radius 3 is 2.47 bits per heavy atom. The molecule has 19 heavy (non-hydrogen) atoms. The second-order valence-corrected chi connectivity index (χ2v) is 4.66. The van der Waals surface area contributed by atoms with E-state index in [1.54, 1.807) is 30.3 Å². The normalized spacial score (nSPS) is 24.3. The number of likely N-dealkylation sites (tertiary alicyclic amines) is 1. The van der Waals surface area contributed by atoms with Crippen molar-refractivity contribution in [3.05, 3.63) is 35.9 Å². The zero-order valence-electron chi connectivity index (χ0n) is 10.2. The van der Waals surface area contributed by atoms with Gasteiger partial charge in [0, 0.05) is 12.6 Å². The number of carbonyl (C=O) groups excluding carboxylic acids is 1. The first-order chi connectivity index (χ1) is 8.91. The van der Waals surface area contributed by atoms with Gasteiger partial charge >= 0.3 is 12.1 Å². The van der Waals surface area contributed by atoms with Crippen molar-refractivity contribution in [2.75, 3.05) is 6.54 Å². The number of benzene rings is 1. The molecule has 104 valence electrons. The fraction of sp³-hybridized carbons (Fsp3) is 0.462. The van der Waals surface area contributed by atoms with E-state index in [4.69, 9.17) is 5.73 Å². The lowest BCUT2D eigenvalue weighted by Gasteiger charge is -2.40. The van der Waals surface area contributed by atoms with E-state index in [1.807, 2.05) is 0 Å². The molecule has 2 N–H and O–H groups in total. The lowest BCUT2D eigenvalue weighted by molar-refractivity contribution is -0.189. The van der Waals surface area contributed by atoms with Crippen molar-refractivity contribution in [3.63, 3.8) is 0 Å². The molecule has 1 fully saturated rings. The summed E-state index contributed by atoms with van der Waals surface area (Å²) in [5.41, 5.74) is 6.57. The summed E-state index contributed by atoms with van der Waals surface area (Å²) in [5, 5.41) is 0. The summed E-state index contributed by atoms with van der Waals surface area (Å²) >= 11 is 0. The zero-order valence-corrected chi connectivity index (χ0v) is 10.2. The van der Waals surface area contributed by atoms with Crippen molar-refractivity contribution in [2.24, 2.45) is 5.73 Å². The highest BCUT2D eigenvalue weighted by molar-refractivity contribution is 5.82. The number of hydrogen-bond acceptors (Lipinski definition) is 2. The summed E-state index contributed by atoms with van der Waals surface area (Å²) in [7, 11) is 0. The molecule has 3 nitrogen and oxygen atoms in total. The first-order valence-corrected chi connectivity index (χ1v) is 6.09. The molecule has 1 amide bonds. The lowest BCUT2D eigenvalue weighted by atomic mass is 9.91. The monoisotopic (exact) mass is 272 g/mol. The van der Waals surface area contributed by atoms with Crippen molar-refractivity contribution in [1.29, 1.82) is 0 Å². The third-order valence-corrected chi connectivity index (χ3v) is 3.32. The number of amides is 1. The average molecular weight is 272 g/mol. The van der Waals surface area contributed by atoms with Gasteiger partial charge in [0.15, 0.2) is 0 Å². The van der Waals surface area contributed by atoms with E-state index < -0.39 is 24.2 Å². The maximum Gasteiger partial charge on any atom is 0.471 e. The quantitative estimate of drug-likeness (QED) is 0.852. The molecule has 0 aromatic heterocycles. The van der Waals surface area contributed by atoms with E-state index in [9.17, 15) is 18.0 Å². The van der Waals surface area contributed by atoms with Crippen LogP contribution in [-0.2, 0) is 4.79 Å². The van der Waals surface area contributed by atoms with Crippen LogP contribution in [0.3, 0.4) is 0 Å². The van der Waals surface area contributed by atoms with Crippen LogP contribution in [0.4, 0.5) is 13.2 Å². The van der Waals surface area contributed by atoms with Gasteiger partial charge in [-0.25, -0.2) is 0 Å². The van der Waals surface area contributed by atoms with Crippen LogP contribution in [0.2, 0.25) is 0 Å². The standard InChI is InChI=1S/C13H15F3N2O/c14-13(15,16)12(19)18-8-4-7-10(17)11(18)9-5-2-1-3-6-9/h1-3,5-6,10-11H,4,7-8,17H2/t10-,11-/m0/s1. The van der Waals surface area contributed by atoms with Crippen molar-refractivity contribution in [2.45, 2.75) is 31.1 Å². The number of nitrogens with zero attached hydrogens (tertiary/aromatic N) is 1. The van der Waals surface area contributed by atoms with Gasteiger partial charge in [-0.2, -0.15) is 13.2 Å². The van der Waals surface area contributed by atoms with Crippen LogP contribution in [0, 0.1) is 0 Å². The summed E-state index contributed by atoms with van der Waals surface area (Å²) in [6.07, 6.45) is -3.75. The van der Waals surface area contributed by atoms with Crippen LogP contribution < -0.4 is 5.73 Å². The Bertz CT molecular complexity index is 447. The molecule has 0 saturated carbocycles. The van der Waals surface area contributed by atoms with E-state index in [0.29, 0.717) is 18.4 Å². The summed E-state index contributed by atoms with van der Waals surface area (Å²) < 4.78 is 37.9. The Kier molecular flexibility index (Phi) is 3.80. The van der Waals surface area contributed by atoms with Gasteiger partial charge in [0.25, 0.3) is 0 Å². The molecule has 2 atom stereocenters. The molecule has 0 aliphatic carbocycles. The molecule has 2 rings (SSSR count). The van der Waals surface area contributed by atoms with Gasteiger partial charge < -0.3 is 10.6 Å². The minimum atomic E-state index is -4.86. The number of hydrogen-bond donors (Lipinski definition) is 1. The third-order valence-electron chi connectivity index (χ3n) is 3.32. The third kappa shape index (κ3) is 2.89. The average Bonchev–Trinajstić information content (AvgIpc) is 2.37. The summed E-state index contributed by atoms with van der Waals surface area (Å²) in [6, 6.07) is 7.46. The lowest BCUT2D eigenvalue weighted by Crippen LogP contribution is -2.52. The highest BCUT2D eigenvalue weighted by atomic mass is 19.4. The molecule has 0 unspecified atom stereocenters. The molecule has 1 aromatic rings. The highest BCUT2D eigenvalue weighted by Crippen LogP contribution is 2.33. The van der Waals surface area contributed by atoms with Gasteiger partial charge in [0.2, 0.25) is 0 Å². The first-order valence-electron chi connectivity index (χ1n) is 6.09. The van der Waals surface area contributed by atoms with Crippen LogP contribution in [0.1, 0.15) is 24.4 Å². The molecular formula is C13H15F3N2O. The molecule has 1 aliphatic heterocycles. The van der Waals surface area contributed by atoms with Crippen molar-refractivity contribution < 1.29 is 18.0 Å². The Balaban J connectivity index is 2.32. The van der Waals surface area contributed by atoms with Crippen molar-refractivity contribution in [3.8, 4) is 0 Å². The van der Waals surface area contributed by atoms with Crippen LogP contribution in [0.5, 0.6) is 0 Å². The molecule has 1 heterocycles. The van der Waals surface area contributed by atoms with E-state index in [0.717, 1.165) is 4.90 Å². The van der Waals surface area contributed by atoms with E-state index >= 15 is 0 Å². The van der Waals surface area contributed by atoms with Gasteiger partial charge in [0.1, 0.15) is 0 Å². The Hall–Kier alpha value is -1.56. The predicted octanol–water partition coefficient (Wildman–Crippen LogP) is 2.24. The number of nitrogens with two attached hydrogens (primary N) is 1. The topological polar surface area (TPSA) is 46.3 Å². The molecule has 1 aliphatic rings. The minimum absolute atomic E-state index is 0.0889. The maximum absolute atomic E-state index is 12.6. The smallest absolute Gasteiger partial charge is 0.326 e. The fourth-order valence-corrected chi connectivity index (χ4v) is 2.49. The molecule has 6 heteroatoms. The van der Waals surface area contributed by atoms with E-state index in [-0.39, 0.29) is 6.54 Å². The predicted molar refractivity (Wildman–Crippen MR) is 64.2 cm³/mol. The van der Waals surface area contributed by atoms with Crippen molar-refractivity contribution >= 4 is 5.91 Å². The summed E-state index contributed by atoms with van der Waals surface area (Å²) in [6.45, 7) is 0.0889. The first kappa shape index (κ1) is 13.9. The van der Waals surface area contributed by atoms with Gasteiger partial charge in [0.05, 0.1) is 6.04 Å². The summed E-state index contributed by atoms with van der Waals surface area (Å²) in [4.78, 5) is 12.3. The van der Waals surface area contributed by atoms with Crippen molar-refractivity contribution in [1.82, 2.24) is 4.90 Å². The molecule has 1 aromatic carbocycles. The fourth-order valence-electron chi connectivity index (χ4n) is 2.49. The van der Waals surface area contributed by atoms with E-state index in [1.165, 1.54) is 0 Å². The Labute approximate surface area is 109 Å². The van der Waals surface area contributed by atoms with Gasteiger partial charge in [-0.3, -0.25) is 4.79 Å². The van der Waals surface area contributed by atoms with Crippen LogP contribution in [-0.4, -0.2) is 29.6 Å². The molecule has 0 radical (unpaired) electrons. The SMILES string of the molecule is N[C@H]1CCCN(C(=O)C(F)(F)F)[C@H]1c1ccccc1. The van der Waals surface area contributed by atoms with Gasteiger partial charge in [-0.1, -0.05) is 30.3 Å². The van der Waals surface area contributed by atoms with Gasteiger partial charge in [-0.15, -0.1) is 0 Å². The van der Waals surface area contributed by atoms with Crippen LogP contribution in [0.25, 0.3) is 0 Å². The zero-order chi connectivity index (χ0) is 14.0. The van der Waals surface area contributed by atoms with Crippen LogP contribution >= 0.6 is 0 Å². The molecule has 0 spiro atoms. The Morgan fingerprint density at radius 1 is 1.26 bits per heavy atom.